The van der Waals surface area contributed by atoms with Gasteiger partial charge in [-0.05, 0) is 24.6 Å². The molecule has 0 aliphatic carbocycles. The Hall–Kier alpha value is -1.71. The summed E-state index contributed by atoms with van der Waals surface area (Å²) in [5, 5.41) is 0.570. The third-order valence-corrected chi connectivity index (χ3v) is 3.71. The van der Waals surface area contributed by atoms with Gasteiger partial charge < -0.3 is 15.2 Å². The fourth-order valence-electron chi connectivity index (χ4n) is 2.17. The molecule has 0 aliphatic rings. The predicted molar refractivity (Wildman–Crippen MR) is 86.1 cm³/mol. The summed E-state index contributed by atoms with van der Waals surface area (Å²) in [4.78, 5) is 0. The van der Waals surface area contributed by atoms with E-state index in [9.17, 15) is 0 Å². The van der Waals surface area contributed by atoms with Crippen LogP contribution in [0.2, 0.25) is 5.02 Å². The second-order valence-corrected chi connectivity index (χ2v) is 5.19. The molecule has 21 heavy (non-hydrogen) atoms. The number of hydrogen-bond acceptors (Lipinski definition) is 3. The Morgan fingerprint density at radius 1 is 1.05 bits per heavy atom. The van der Waals surface area contributed by atoms with Crippen LogP contribution in [0.5, 0.6) is 11.5 Å². The van der Waals surface area contributed by atoms with E-state index in [1.807, 2.05) is 49.4 Å². The van der Waals surface area contributed by atoms with E-state index in [-0.39, 0.29) is 12.1 Å². The van der Waals surface area contributed by atoms with Crippen molar-refractivity contribution in [2.75, 3.05) is 7.11 Å². The summed E-state index contributed by atoms with van der Waals surface area (Å²) in [6.07, 6.45) is 0.471. The molecule has 0 saturated carbocycles. The lowest BCUT2D eigenvalue weighted by Crippen LogP contribution is -2.31. The van der Waals surface area contributed by atoms with Crippen molar-refractivity contribution < 1.29 is 9.47 Å². The van der Waals surface area contributed by atoms with Gasteiger partial charge >= 0.3 is 0 Å². The molecule has 0 aliphatic heterocycles. The van der Waals surface area contributed by atoms with E-state index in [0.717, 1.165) is 17.7 Å². The van der Waals surface area contributed by atoms with Gasteiger partial charge in [0, 0.05) is 11.6 Å². The van der Waals surface area contributed by atoms with Crippen molar-refractivity contribution in [3.63, 3.8) is 0 Å². The molecule has 2 aromatic rings. The molecule has 2 N–H and O–H groups in total. The van der Waals surface area contributed by atoms with Crippen LogP contribution in [-0.4, -0.2) is 13.2 Å². The van der Waals surface area contributed by atoms with Crippen LogP contribution >= 0.6 is 11.6 Å². The zero-order valence-corrected chi connectivity index (χ0v) is 13.0. The Morgan fingerprint density at radius 3 is 2.29 bits per heavy atom. The van der Waals surface area contributed by atoms with Crippen LogP contribution in [0.4, 0.5) is 0 Å². The highest BCUT2D eigenvalue weighted by molar-refractivity contribution is 6.32. The summed E-state index contributed by atoms with van der Waals surface area (Å²) in [5.74, 6) is 1.39. The molecule has 2 unspecified atom stereocenters. The topological polar surface area (TPSA) is 44.5 Å². The molecule has 0 spiro atoms. The lowest BCUT2D eigenvalue weighted by Gasteiger charge is -2.26. The normalized spacial score (nSPS) is 13.5. The molecule has 2 aromatic carbocycles. The van der Waals surface area contributed by atoms with E-state index in [1.54, 1.807) is 13.2 Å². The standard InChI is InChI=1S/C17H20ClNO2/c1-3-14(19)17(12-8-4-6-10-15(12)20-2)21-16-11-7-5-9-13(16)18/h4-11,14,17H,3,19H2,1-2H3. The third kappa shape index (κ3) is 3.69. The molecule has 0 bridgehead atoms. The molecule has 4 heteroatoms. The van der Waals surface area contributed by atoms with Gasteiger partial charge in [0.25, 0.3) is 0 Å². The van der Waals surface area contributed by atoms with Crippen LogP contribution < -0.4 is 15.2 Å². The van der Waals surface area contributed by atoms with Gasteiger partial charge in [-0.3, -0.25) is 0 Å². The van der Waals surface area contributed by atoms with Crippen LogP contribution in [0.25, 0.3) is 0 Å². The number of rotatable bonds is 6. The molecule has 112 valence electrons. The van der Waals surface area contributed by atoms with Gasteiger partial charge in [0.1, 0.15) is 17.6 Å². The van der Waals surface area contributed by atoms with Gasteiger partial charge in [0.05, 0.1) is 12.1 Å². The van der Waals surface area contributed by atoms with Crippen molar-refractivity contribution >= 4 is 11.6 Å². The largest absolute Gasteiger partial charge is 0.496 e. The minimum absolute atomic E-state index is 0.155. The number of hydrogen-bond donors (Lipinski definition) is 1. The summed E-state index contributed by atoms with van der Waals surface area (Å²) >= 11 is 6.18. The van der Waals surface area contributed by atoms with E-state index in [1.165, 1.54) is 0 Å². The Balaban J connectivity index is 2.37. The summed E-state index contributed by atoms with van der Waals surface area (Å²) < 4.78 is 11.5. The lowest BCUT2D eigenvalue weighted by atomic mass is 9.99. The van der Waals surface area contributed by atoms with Crippen molar-refractivity contribution in [3.8, 4) is 11.5 Å². The van der Waals surface area contributed by atoms with Gasteiger partial charge in [-0.2, -0.15) is 0 Å². The average molecular weight is 306 g/mol. The van der Waals surface area contributed by atoms with Crippen molar-refractivity contribution in [2.45, 2.75) is 25.5 Å². The van der Waals surface area contributed by atoms with Crippen molar-refractivity contribution in [2.24, 2.45) is 5.73 Å². The SMILES string of the molecule is CCC(N)C(Oc1ccccc1Cl)c1ccccc1OC. The lowest BCUT2D eigenvalue weighted by molar-refractivity contribution is 0.167. The van der Waals surface area contributed by atoms with E-state index in [4.69, 9.17) is 26.8 Å². The molecule has 2 rings (SSSR count). The van der Waals surface area contributed by atoms with E-state index in [0.29, 0.717) is 10.8 Å². The maximum atomic E-state index is 6.25. The highest BCUT2D eigenvalue weighted by Gasteiger charge is 2.24. The van der Waals surface area contributed by atoms with Gasteiger partial charge in [0.2, 0.25) is 0 Å². The number of benzene rings is 2. The number of methoxy groups -OCH3 is 1. The highest BCUT2D eigenvalue weighted by atomic mass is 35.5. The van der Waals surface area contributed by atoms with E-state index < -0.39 is 0 Å². The summed E-state index contributed by atoms with van der Waals surface area (Å²) in [7, 11) is 1.64. The Kier molecular flexibility index (Phi) is 5.48. The summed E-state index contributed by atoms with van der Waals surface area (Å²) in [5.41, 5.74) is 7.17. The molecule has 0 heterocycles. The zero-order valence-electron chi connectivity index (χ0n) is 12.3. The fourth-order valence-corrected chi connectivity index (χ4v) is 2.35. The van der Waals surface area contributed by atoms with Crippen LogP contribution in [0, 0.1) is 0 Å². The Morgan fingerprint density at radius 2 is 1.67 bits per heavy atom. The molecule has 0 amide bonds. The van der Waals surface area contributed by atoms with E-state index >= 15 is 0 Å². The second-order valence-electron chi connectivity index (χ2n) is 4.78. The van der Waals surface area contributed by atoms with Crippen LogP contribution in [0.3, 0.4) is 0 Å². The maximum Gasteiger partial charge on any atom is 0.142 e. The number of halogens is 1. The maximum absolute atomic E-state index is 6.25. The highest BCUT2D eigenvalue weighted by Crippen LogP contribution is 2.34. The number of ether oxygens (including phenoxy) is 2. The molecule has 0 radical (unpaired) electrons. The molecule has 0 saturated heterocycles. The fraction of sp³-hybridized carbons (Fsp3) is 0.294. The molecular weight excluding hydrogens is 286 g/mol. The first kappa shape index (κ1) is 15.7. The van der Waals surface area contributed by atoms with Gasteiger partial charge in [-0.25, -0.2) is 0 Å². The number of para-hydroxylation sites is 2. The quantitative estimate of drug-likeness (QED) is 0.869. The van der Waals surface area contributed by atoms with Crippen molar-refractivity contribution in [1.82, 2.24) is 0 Å². The van der Waals surface area contributed by atoms with Gasteiger partial charge in [-0.15, -0.1) is 0 Å². The molecule has 3 nitrogen and oxygen atoms in total. The van der Waals surface area contributed by atoms with Crippen LogP contribution in [-0.2, 0) is 0 Å². The predicted octanol–water partition coefficient (Wildman–Crippen LogP) is 4.21. The van der Waals surface area contributed by atoms with E-state index in [2.05, 4.69) is 0 Å². The minimum atomic E-state index is -0.314. The first-order chi connectivity index (χ1) is 10.2. The van der Waals surface area contributed by atoms with Crippen molar-refractivity contribution in [1.29, 1.82) is 0 Å². The molecular formula is C17H20ClNO2. The molecule has 2 atom stereocenters. The molecule has 0 fully saturated rings. The monoisotopic (exact) mass is 305 g/mol. The smallest absolute Gasteiger partial charge is 0.142 e. The Bertz CT molecular complexity index is 589. The summed E-state index contributed by atoms with van der Waals surface area (Å²) in [6.45, 7) is 2.03. The summed E-state index contributed by atoms with van der Waals surface area (Å²) in [6, 6.07) is 15.0. The zero-order chi connectivity index (χ0) is 15.2. The first-order valence-corrected chi connectivity index (χ1v) is 7.34. The average Bonchev–Trinajstić information content (AvgIpc) is 2.53. The molecule has 0 aromatic heterocycles. The minimum Gasteiger partial charge on any atom is -0.496 e. The first-order valence-electron chi connectivity index (χ1n) is 6.97. The van der Waals surface area contributed by atoms with Gasteiger partial charge in [-0.1, -0.05) is 48.9 Å². The van der Waals surface area contributed by atoms with Crippen LogP contribution in [0.1, 0.15) is 25.0 Å². The second kappa shape index (κ2) is 7.34. The Labute approximate surface area is 130 Å². The van der Waals surface area contributed by atoms with Crippen molar-refractivity contribution in [3.05, 3.63) is 59.1 Å². The van der Waals surface area contributed by atoms with Gasteiger partial charge in [0.15, 0.2) is 0 Å². The number of nitrogens with two attached hydrogens (primary N) is 1. The third-order valence-electron chi connectivity index (χ3n) is 3.40. The van der Waals surface area contributed by atoms with Crippen LogP contribution in [0.15, 0.2) is 48.5 Å².